The summed E-state index contributed by atoms with van der Waals surface area (Å²) in [4.78, 5) is 24.2. The van der Waals surface area contributed by atoms with E-state index in [9.17, 15) is 13.6 Å². The number of hydrogen-bond acceptors (Lipinski definition) is 3. The van der Waals surface area contributed by atoms with Crippen molar-refractivity contribution in [3.05, 3.63) is 53.1 Å². The molecule has 0 bridgehead atoms. The molecule has 1 aromatic heterocycles. The summed E-state index contributed by atoms with van der Waals surface area (Å²) in [6.07, 6.45) is 2.55. The predicted octanol–water partition coefficient (Wildman–Crippen LogP) is 2.97. The van der Waals surface area contributed by atoms with Gasteiger partial charge in [-0.2, -0.15) is 8.78 Å². The fraction of sp³-hybridized carbons (Fsp3) is 0.389. The minimum Gasteiger partial charge on any atom is -0.349 e. The summed E-state index contributed by atoms with van der Waals surface area (Å²) in [7, 11) is 1.59. The number of rotatable bonds is 5. The van der Waals surface area contributed by atoms with Crippen molar-refractivity contribution in [2.75, 3.05) is 26.7 Å². The molecule has 0 radical (unpaired) electrons. The topological polar surface area (TPSA) is 65.8 Å². The predicted molar refractivity (Wildman–Crippen MR) is 118 cm³/mol. The Bertz CT molecular complexity index is 845. The van der Waals surface area contributed by atoms with E-state index in [2.05, 4.69) is 15.3 Å². The van der Waals surface area contributed by atoms with E-state index in [0.717, 1.165) is 10.1 Å². The quantitative estimate of drug-likeness (QED) is 0.361. The lowest BCUT2D eigenvalue weighted by Gasteiger charge is -2.36. The maximum absolute atomic E-state index is 12.9. The number of carbonyl (C=O) groups is 1. The van der Waals surface area contributed by atoms with E-state index in [1.54, 1.807) is 29.0 Å². The minimum absolute atomic E-state index is 0. The van der Waals surface area contributed by atoms with E-state index < -0.39 is 6.55 Å². The van der Waals surface area contributed by atoms with Crippen molar-refractivity contribution >= 4 is 47.4 Å². The molecule has 3 rings (SSSR count). The van der Waals surface area contributed by atoms with Crippen LogP contribution in [0.1, 0.15) is 17.9 Å². The number of halogens is 4. The highest BCUT2D eigenvalue weighted by molar-refractivity contribution is 14.0. The molecule has 2 aromatic rings. The van der Waals surface area contributed by atoms with E-state index in [-0.39, 0.29) is 48.8 Å². The molecule has 0 atom stereocenters. The normalized spacial score (nSPS) is 14.9. The van der Waals surface area contributed by atoms with Gasteiger partial charge in [0.15, 0.2) is 5.96 Å². The number of guanidine groups is 1. The van der Waals surface area contributed by atoms with Crippen molar-refractivity contribution in [1.82, 2.24) is 24.7 Å². The molecule has 7 nitrogen and oxygen atoms in total. The molecule has 29 heavy (non-hydrogen) atoms. The number of carbonyl (C=O) groups excluding carboxylic acids is 1. The van der Waals surface area contributed by atoms with Crippen LogP contribution in [0.2, 0.25) is 5.02 Å². The Morgan fingerprint density at radius 2 is 2.03 bits per heavy atom. The van der Waals surface area contributed by atoms with Crippen LogP contribution in [0.5, 0.6) is 0 Å². The largest absolute Gasteiger partial charge is 0.349 e. The average molecular weight is 539 g/mol. The van der Waals surface area contributed by atoms with Gasteiger partial charge in [-0.15, -0.1) is 24.0 Å². The van der Waals surface area contributed by atoms with E-state index in [0.29, 0.717) is 30.6 Å². The Hall–Kier alpha value is -1.95. The fourth-order valence-electron chi connectivity index (χ4n) is 3.02. The van der Waals surface area contributed by atoms with Gasteiger partial charge in [0.25, 0.3) is 0 Å². The van der Waals surface area contributed by atoms with Crippen molar-refractivity contribution < 1.29 is 13.6 Å². The van der Waals surface area contributed by atoms with Gasteiger partial charge in [0.1, 0.15) is 5.82 Å². The van der Waals surface area contributed by atoms with Crippen LogP contribution in [0, 0.1) is 0 Å². The molecule has 0 unspecified atom stereocenters. The van der Waals surface area contributed by atoms with Gasteiger partial charge in [0, 0.05) is 44.1 Å². The van der Waals surface area contributed by atoms with Crippen LogP contribution in [-0.2, 0) is 17.9 Å². The molecule has 1 aliphatic rings. The summed E-state index contributed by atoms with van der Waals surface area (Å²) >= 11 is 5.89. The van der Waals surface area contributed by atoms with Crippen LogP contribution >= 0.6 is 35.6 Å². The maximum atomic E-state index is 12.9. The molecule has 1 saturated heterocycles. The number of aromatic nitrogens is 2. The third-order valence-electron chi connectivity index (χ3n) is 4.48. The Morgan fingerprint density at radius 1 is 1.31 bits per heavy atom. The van der Waals surface area contributed by atoms with Gasteiger partial charge >= 0.3 is 6.55 Å². The molecule has 1 aromatic carbocycles. The number of hydrogen-bond donors (Lipinski definition) is 1. The Morgan fingerprint density at radius 3 is 2.66 bits per heavy atom. The molecule has 158 valence electrons. The molecular formula is C18H22ClF2IN6O. The zero-order valence-electron chi connectivity index (χ0n) is 15.8. The zero-order chi connectivity index (χ0) is 20.1. The van der Waals surface area contributed by atoms with Gasteiger partial charge in [-0.25, -0.2) is 4.98 Å². The molecule has 1 amide bonds. The van der Waals surface area contributed by atoms with Gasteiger partial charge < -0.3 is 15.1 Å². The number of amides is 1. The Balaban J connectivity index is 0.00000300. The first-order valence-corrected chi connectivity index (χ1v) is 9.13. The maximum Gasteiger partial charge on any atom is 0.319 e. The average Bonchev–Trinajstić information content (AvgIpc) is 3.15. The SMILES string of the molecule is CN=C(NCc1nccn1C(F)F)N1CCN(Cc2ccc(Cl)cc2)C(=O)C1.I. The lowest BCUT2D eigenvalue weighted by Crippen LogP contribution is -2.54. The Labute approximate surface area is 189 Å². The highest BCUT2D eigenvalue weighted by Gasteiger charge is 2.26. The third-order valence-corrected chi connectivity index (χ3v) is 4.73. The van der Waals surface area contributed by atoms with Crippen LogP contribution in [0.4, 0.5) is 8.78 Å². The van der Waals surface area contributed by atoms with Crippen molar-refractivity contribution in [3.8, 4) is 0 Å². The summed E-state index contributed by atoms with van der Waals surface area (Å²) < 4.78 is 26.6. The number of alkyl halides is 2. The van der Waals surface area contributed by atoms with E-state index in [1.807, 2.05) is 12.1 Å². The summed E-state index contributed by atoms with van der Waals surface area (Å²) in [5.41, 5.74) is 1.01. The van der Waals surface area contributed by atoms with E-state index >= 15 is 0 Å². The molecule has 0 spiro atoms. The van der Waals surface area contributed by atoms with Gasteiger partial charge in [0.2, 0.25) is 5.91 Å². The van der Waals surface area contributed by atoms with Crippen LogP contribution in [0.25, 0.3) is 0 Å². The highest BCUT2D eigenvalue weighted by Crippen LogP contribution is 2.14. The molecule has 2 heterocycles. The molecule has 0 aliphatic carbocycles. The fourth-order valence-corrected chi connectivity index (χ4v) is 3.14. The second-order valence-corrected chi connectivity index (χ2v) is 6.73. The van der Waals surface area contributed by atoms with E-state index in [4.69, 9.17) is 11.6 Å². The van der Waals surface area contributed by atoms with Gasteiger partial charge in [-0.05, 0) is 17.7 Å². The Kier molecular flexibility index (Phi) is 8.62. The monoisotopic (exact) mass is 538 g/mol. The molecule has 0 saturated carbocycles. The first-order chi connectivity index (χ1) is 13.5. The molecular weight excluding hydrogens is 517 g/mol. The first-order valence-electron chi connectivity index (χ1n) is 8.75. The lowest BCUT2D eigenvalue weighted by atomic mass is 10.2. The number of piperazine rings is 1. The number of nitrogens with zero attached hydrogens (tertiary/aromatic N) is 5. The van der Waals surface area contributed by atoms with Crippen molar-refractivity contribution in [3.63, 3.8) is 0 Å². The van der Waals surface area contributed by atoms with Crippen molar-refractivity contribution in [2.24, 2.45) is 4.99 Å². The molecule has 1 aliphatic heterocycles. The molecule has 1 N–H and O–H groups in total. The minimum atomic E-state index is -2.65. The number of imidazole rings is 1. The molecule has 1 fully saturated rings. The first kappa shape index (κ1) is 23.3. The summed E-state index contributed by atoms with van der Waals surface area (Å²) in [5.74, 6) is 0.644. The third kappa shape index (κ3) is 6.01. The van der Waals surface area contributed by atoms with Gasteiger partial charge in [-0.1, -0.05) is 23.7 Å². The summed E-state index contributed by atoms with van der Waals surface area (Å²) in [6, 6.07) is 7.39. The van der Waals surface area contributed by atoms with Gasteiger partial charge in [-0.3, -0.25) is 14.4 Å². The summed E-state index contributed by atoms with van der Waals surface area (Å²) in [6.45, 7) is -0.767. The second kappa shape index (κ2) is 10.7. The zero-order valence-corrected chi connectivity index (χ0v) is 18.8. The summed E-state index contributed by atoms with van der Waals surface area (Å²) in [5, 5.41) is 3.66. The standard InChI is InChI=1S/C18H21ClF2N6O.HI/c1-22-18(24-10-15-23-6-7-27(15)17(20)21)26-9-8-25(16(28)12-26)11-13-2-4-14(19)5-3-13;/h2-7,17H,8-12H2,1H3,(H,22,24);1H. The highest BCUT2D eigenvalue weighted by atomic mass is 127. The lowest BCUT2D eigenvalue weighted by molar-refractivity contribution is -0.135. The van der Waals surface area contributed by atoms with Crippen molar-refractivity contribution in [1.29, 1.82) is 0 Å². The van der Waals surface area contributed by atoms with Crippen LogP contribution in [0.3, 0.4) is 0 Å². The van der Waals surface area contributed by atoms with Crippen LogP contribution < -0.4 is 5.32 Å². The number of benzene rings is 1. The smallest absolute Gasteiger partial charge is 0.319 e. The van der Waals surface area contributed by atoms with E-state index in [1.165, 1.54) is 12.4 Å². The number of nitrogens with one attached hydrogen (secondary N) is 1. The van der Waals surface area contributed by atoms with Crippen LogP contribution in [0.15, 0.2) is 41.7 Å². The second-order valence-electron chi connectivity index (χ2n) is 6.29. The molecule has 11 heteroatoms. The van der Waals surface area contributed by atoms with Crippen LogP contribution in [-0.4, -0.2) is 57.9 Å². The number of aliphatic imine (C=N–C) groups is 1. The van der Waals surface area contributed by atoms with Gasteiger partial charge in [0.05, 0.1) is 13.1 Å². The van der Waals surface area contributed by atoms with Crippen molar-refractivity contribution in [2.45, 2.75) is 19.6 Å².